The quantitative estimate of drug-likeness (QED) is 0.928. The maximum Gasteiger partial charge on any atom is 0.129 e. The number of nitrogens with zero attached hydrogens (tertiary/aromatic N) is 3. The summed E-state index contributed by atoms with van der Waals surface area (Å²) in [7, 11) is 1.92. The van der Waals surface area contributed by atoms with E-state index in [0.717, 1.165) is 35.0 Å². The molecule has 4 nitrogen and oxygen atoms in total. The highest BCUT2D eigenvalue weighted by molar-refractivity contribution is 5.76. The van der Waals surface area contributed by atoms with E-state index in [1.165, 1.54) is 32.1 Å². The molecule has 2 aromatic heterocycles. The molecule has 0 radical (unpaired) electrons. The van der Waals surface area contributed by atoms with Gasteiger partial charge >= 0.3 is 0 Å². The van der Waals surface area contributed by atoms with Crippen molar-refractivity contribution in [2.45, 2.75) is 38.5 Å². The second kappa shape index (κ2) is 5.65. The van der Waals surface area contributed by atoms with Gasteiger partial charge in [-0.3, -0.25) is 9.67 Å². The van der Waals surface area contributed by atoms with Gasteiger partial charge in [-0.05, 0) is 36.5 Å². The van der Waals surface area contributed by atoms with Gasteiger partial charge in [0.25, 0.3) is 0 Å². The summed E-state index contributed by atoms with van der Waals surface area (Å²) in [6.45, 7) is 0. The number of aromatic nitrogens is 3. The van der Waals surface area contributed by atoms with Gasteiger partial charge < -0.3 is 5.73 Å². The minimum Gasteiger partial charge on any atom is -0.383 e. The highest BCUT2D eigenvalue weighted by Gasteiger charge is 2.19. The third-order valence-electron chi connectivity index (χ3n) is 4.40. The first kappa shape index (κ1) is 13.2. The lowest BCUT2D eigenvalue weighted by molar-refractivity contribution is 0.499. The van der Waals surface area contributed by atoms with Crippen molar-refractivity contribution in [2.75, 3.05) is 5.73 Å². The van der Waals surface area contributed by atoms with Gasteiger partial charge in [-0.1, -0.05) is 25.7 Å². The molecule has 0 bridgehead atoms. The van der Waals surface area contributed by atoms with Gasteiger partial charge in [0.1, 0.15) is 5.82 Å². The fourth-order valence-electron chi connectivity index (χ4n) is 3.24. The fourth-order valence-corrected chi connectivity index (χ4v) is 3.24. The molecular formula is C16H22N4. The average Bonchev–Trinajstić information content (AvgIpc) is 3.07. The maximum atomic E-state index is 6.20. The van der Waals surface area contributed by atoms with Gasteiger partial charge in [-0.2, -0.15) is 5.10 Å². The van der Waals surface area contributed by atoms with Crippen molar-refractivity contribution in [1.82, 2.24) is 14.8 Å². The van der Waals surface area contributed by atoms with Crippen LogP contribution in [0.1, 0.15) is 37.8 Å². The molecule has 2 N–H and O–H groups in total. The van der Waals surface area contributed by atoms with E-state index in [4.69, 9.17) is 5.73 Å². The highest BCUT2D eigenvalue weighted by Crippen LogP contribution is 2.33. The largest absolute Gasteiger partial charge is 0.383 e. The maximum absolute atomic E-state index is 6.20. The lowest BCUT2D eigenvalue weighted by Gasteiger charge is -2.08. The Balaban J connectivity index is 1.85. The predicted octanol–water partition coefficient (Wildman–Crippen LogP) is 3.19. The summed E-state index contributed by atoms with van der Waals surface area (Å²) in [6.07, 6.45) is 11.4. The van der Waals surface area contributed by atoms with Crippen molar-refractivity contribution in [2.24, 2.45) is 13.0 Å². The van der Waals surface area contributed by atoms with E-state index in [1.807, 2.05) is 31.6 Å². The topological polar surface area (TPSA) is 56.7 Å². The second-order valence-electron chi connectivity index (χ2n) is 5.76. The molecule has 1 aliphatic rings. The molecule has 0 aliphatic heterocycles. The monoisotopic (exact) mass is 270 g/mol. The van der Waals surface area contributed by atoms with Crippen LogP contribution in [0.3, 0.4) is 0 Å². The van der Waals surface area contributed by atoms with Crippen LogP contribution in [0.4, 0.5) is 5.82 Å². The van der Waals surface area contributed by atoms with Gasteiger partial charge in [0.15, 0.2) is 0 Å². The van der Waals surface area contributed by atoms with Crippen molar-refractivity contribution in [3.05, 3.63) is 30.2 Å². The standard InChI is InChI=1S/C16H22N4/c1-20-16(17)15(13-8-10-18-11-9-13)14(19-20)7-6-12-4-2-3-5-12/h8-12H,2-7,17H2,1H3. The fraction of sp³-hybridized carbons (Fsp3) is 0.500. The molecule has 1 saturated carbocycles. The normalized spacial score (nSPS) is 15.8. The van der Waals surface area contributed by atoms with Crippen molar-refractivity contribution in [3.63, 3.8) is 0 Å². The third kappa shape index (κ3) is 2.55. The molecule has 0 amide bonds. The van der Waals surface area contributed by atoms with Gasteiger partial charge in [0, 0.05) is 25.0 Å². The summed E-state index contributed by atoms with van der Waals surface area (Å²) < 4.78 is 1.79. The average molecular weight is 270 g/mol. The first-order valence-electron chi connectivity index (χ1n) is 7.47. The predicted molar refractivity (Wildman–Crippen MR) is 81.1 cm³/mol. The lowest BCUT2D eigenvalue weighted by atomic mass is 9.97. The molecule has 4 heteroatoms. The summed E-state index contributed by atoms with van der Waals surface area (Å²) in [6, 6.07) is 4.01. The number of nitrogen functional groups attached to an aromatic ring is 1. The van der Waals surface area contributed by atoms with E-state index in [2.05, 4.69) is 10.1 Å². The van der Waals surface area contributed by atoms with E-state index in [9.17, 15) is 0 Å². The van der Waals surface area contributed by atoms with Crippen molar-refractivity contribution in [1.29, 1.82) is 0 Å². The summed E-state index contributed by atoms with van der Waals surface area (Å²) >= 11 is 0. The van der Waals surface area contributed by atoms with Crippen LogP contribution in [0.2, 0.25) is 0 Å². The molecule has 2 aromatic rings. The first-order chi connectivity index (χ1) is 9.75. The number of nitrogens with two attached hydrogens (primary N) is 1. The molecule has 1 fully saturated rings. The molecule has 0 atom stereocenters. The molecule has 20 heavy (non-hydrogen) atoms. The Kier molecular flexibility index (Phi) is 3.72. The SMILES string of the molecule is Cn1nc(CCC2CCCC2)c(-c2ccncc2)c1N. The molecule has 2 heterocycles. The number of aryl methyl sites for hydroxylation is 2. The third-order valence-corrected chi connectivity index (χ3v) is 4.40. The van der Waals surface area contributed by atoms with Gasteiger partial charge in [-0.25, -0.2) is 0 Å². The lowest BCUT2D eigenvalue weighted by Crippen LogP contribution is -1.99. The van der Waals surface area contributed by atoms with Crippen LogP contribution in [-0.4, -0.2) is 14.8 Å². The number of pyridine rings is 1. The minimum atomic E-state index is 0.748. The van der Waals surface area contributed by atoms with Gasteiger partial charge in [-0.15, -0.1) is 0 Å². The summed E-state index contributed by atoms with van der Waals surface area (Å²) in [5.41, 5.74) is 9.54. The van der Waals surface area contributed by atoms with E-state index < -0.39 is 0 Å². The summed E-state index contributed by atoms with van der Waals surface area (Å²) in [5.74, 6) is 1.63. The number of hydrogen-bond donors (Lipinski definition) is 1. The Bertz CT molecular complexity index is 568. The van der Waals surface area contributed by atoms with Crippen LogP contribution < -0.4 is 5.73 Å². The second-order valence-corrected chi connectivity index (χ2v) is 5.76. The Morgan fingerprint density at radius 2 is 1.95 bits per heavy atom. The van der Waals surface area contributed by atoms with E-state index in [1.54, 1.807) is 4.68 Å². The number of hydrogen-bond acceptors (Lipinski definition) is 3. The van der Waals surface area contributed by atoms with Gasteiger partial charge in [0.05, 0.1) is 5.69 Å². The van der Waals surface area contributed by atoms with Crippen LogP contribution in [0.15, 0.2) is 24.5 Å². The van der Waals surface area contributed by atoms with Crippen LogP contribution in [-0.2, 0) is 13.5 Å². The van der Waals surface area contributed by atoms with Crippen LogP contribution in [0, 0.1) is 5.92 Å². The van der Waals surface area contributed by atoms with Crippen molar-refractivity contribution < 1.29 is 0 Å². The zero-order valence-electron chi connectivity index (χ0n) is 12.0. The molecule has 3 rings (SSSR count). The molecule has 106 valence electrons. The molecule has 0 saturated heterocycles. The number of rotatable bonds is 4. The minimum absolute atomic E-state index is 0.748. The first-order valence-corrected chi connectivity index (χ1v) is 7.47. The Labute approximate surface area is 120 Å². The molecule has 0 spiro atoms. The van der Waals surface area contributed by atoms with Crippen molar-refractivity contribution in [3.8, 4) is 11.1 Å². The van der Waals surface area contributed by atoms with Crippen LogP contribution >= 0.6 is 0 Å². The van der Waals surface area contributed by atoms with E-state index >= 15 is 0 Å². The Hall–Kier alpha value is -1.84. The van der Waals surface area contributed by atoms with E-state index in [-0.39, 0.29) is 0 Å². The Morgan fingerprint density at radius 3 is 2.65 bits per heavy atom. The van der Waals surface area contributed by atoms with Crippen molar-refractivity contribution >= 4 is 5.82 Å². The van der Waals surface area contributed by atoms with Crippen LogP contribution in [0.25, 0.3) is 11.1 Å². The zero-order valence-corrected chi connectivity index (χ0v) is 12.0. The van der Waals surface area contributed by atoms with Gasteiger partial charge in [0.2, 0.25) is 0 Å². The smallest absolute Gasteiger partial charge is 0.129 e. The van der Waals surface area contributed by atoms with Crippen LogP contribution in [0.5, 0.6) is 0 Å². The molecule has 1 aliphatic carbocycles. The highest BCUT2D eigenvalue weighted by atomic mass is 15.3. The molecule has 0 unspecified atom stereocenters. The van der Waals surface area contributed by atoms with E-state index in [0.29, 0.717) is 0 Å². The Morgan fingerprint density at radius 1 is 1.25 bits per heavy atom. The summed E-state index contributed by atoms with van der Waals surface area (Å²) in [4.78, 5) is 4.08. The summed E-state index contributed by atoms with van der Waals surface area (Å²) in [5, 5.41) is 4.62. The number of anilines is 1. The molecular weight excluding hydrogens is 248 g/mol. The zero-order chi connectivity index (χ0) is 13.9. The molecule has 0 aromatic carbocycles.